The first kappa shape index (κ1) is 18.4. The van der Waals surface area contributed by atoms with Crippen LogP contribution in [0.15, 0.2) is 0 Å². The lowest BCUT2D eigenvalue weighted by Gasteiger charge is -2.30. The predicted octanol–water partition coefficient (Wildman–Crippen LogP) is 1.75. The number of carbonyl (C=O) groups is 1. The zero-order chi connectivity index (χ0) is 14.7. The van der Waals surface area contributed by atoms with Gasteiger partial charge in [-0.05, 0) is 33.2 Å². The molecule has 0 amide bonds. The number of carbonyl (C=O) groups excluding carboxylic acids is 1. The Labute approximate surface area is 117 Å². The third-order valence-corrected chi connectivity index (χ3v) is 2.99. The van der Waals surface area contributed by atoms with E-state index in [4.69, 9.17) is 14.2 Å². The molecule has 0 fully saturated rings. The summed E-state index contributed by atoms with van der Waals surface area (Å²) in [6.45, 7) is 8.01. The van der Waals surface area contributed by atoms with Gasteiger partial charge in [-0.15, -0.1) is 0 Å². The highest BCUT2D eigenvalue weighted by Crippen LogP contribution is 2.17. The summed E-state index contributed by atoms with van der Waals surface area (Å²) in [6.07, 6.45) is 2.41. The van der Waals surface area contributed by atoms with Crippen LogP contribution in [0.25, 0.3) is 0 Å². The van der Waals surface area contributed by atoms with Crippen molar-refractivity contribution >= 4 is 5.97 Å². The Bertz CT molecular complexity index is 248. The Kier molecular flexibility index (Phi) is 9.83. The van der Waals surface area contributed by atoms with E-state index in [1.54, 1.807) is 7.11 Å². The Hall–Kier alpha value is -0.650. The molecule has 0 rings (SSSR count). The third-order valence-electron chi connectivity index (χ3n) is 2.99. The number of ether oxygens (including phenoxy) is 3. The lowest BCUT2D eigenvalue weighted by atomic mass is 9.94. The molecular weight excluding hydrogens is 246 g/mol. The van der Waals surface area contributed by atoms with Crippen LogP contribution in [0.4, 0.5) is 0 Å². The number of methoxy groups -OCH3 is 2. The van der Waals surface area contributed by atoms with E-state index in [2.05, 4.69) is 12.2 Å². The van der Waals surface area contributed by atoms with Gasteiger partial charge in [-0.2, -0.15) is 0 Å². The fourth-order valence-electron chi connectivity index (χ4n) is 1.98. The van der Waals surface area contributed by atoms with E-state index in [0.717, 1.165) is 19.4 Å². The first-order chi connectivity index (χ1) is 9.00. The van der Waals surface area contributed by atoms with Crippen molar-refractivity contribution in [3.05, 3.63) is 0 Å². The van der Waals surface area contributed by atoms with E-state index in [0.29, 0.717) is 19.6 Å². The van der Waals surface area contributed by atoms with Crippen molar-refractivity contribution in [1.82, 2.24) is 5.32 Å². The molecule has 1 N–H and O–H groups in total. The van der Waals surface area contributed by atoms with Crippen LogP contribution in [-0.4, -0.2) is 51.6 Å². The van der Waals surface area contributed by atoms with Crippen LogP contribution in [0.1, 0.15) is 40.0 Å². The molecule has 0 heterocycles. The van der Waals surface area contributed by atoms with Gasteiger partial charge in [0.15, 0.2) is 0 Å². The first-order valence-corrected chi connectivity index (χ1v) is 6.94. The van der Waals surface area contributed by atoms with Gasteiger partial charge in [-0.25, -0.2) is 0 Å². The minimum Gasteiger partial charge on any atom is -0.468 e. The van der Waals surface area contributed by atoms with Crippen LogP contribution in [0.5, 0.6) is 0 Å². The zero-order valence-corrected chi connectivity index (χ0v) is 13.0. The molecule has 0 aliphatic heterocycles. The minimum atomic E-state index is -0.689. The summed E-state index contributed by atoms with van der Waals surface area (Å²) in [4.78, 5) is 11.9. The Balaban J connectivity index is 4.26. The second kappa shape index (κ2) is 10.2. The molecule has 19 heavy (non-hydrogen) atoms. The molecule has 0 aromatic heterocycles. The summed E-state index contributed by atoms with van der Waals surface area (Å²) < 4.78 is 15.5. The number of esters is 1. The van der Waals surface area contributed by atoms with Gasteiger partial charge in [0, 0.05) is 26.7 Å². The van der Waals surface area contributed by atoms with Gasteiger partial charge in [0.1, 0.15) is 5.54 Å². The second-order valence-electron chi connectivity index (χ2n) is 4.98. The van der Waals surface area contributed by atoms with Crippen LogP contribution in [0, 0.1) is 0 Å². The quantitative estimate of drug-likeness (QED) is 0.460. The Morgan fingerprint density at radius 3 is 2.53 bits per heavy atom. The van der Waals surface area contributed by atoms with E-state index in [1.807, 2.05) is 13.8 Å². The lowest BCUT2D eigenvalue weighted by Crippen LogP contribution is -2.52. The number of hydrogen-bond donors (Lipinski definition) is 1. The fourth-order valence-corrected chi connectivity index (χ4v) is 1.98. The molecular formula is C14H29NO4. The molecule has 0 radical (unpaired) electrons. The summed E-state index contributed by atoms with van der Waals surface area (Å²) in [6, 6.07) is 0. The molecule has 0 aromatic carbocycles. The largest absolute Gasteiger partial charge is 0.468 e. The first-order valence-electron chi connectivity index (χ1n) is 6.94. The van der Waals surface area contributed by atoms with Crippen molar-refractivity contribution < 1.29 is 19.0 Å². The van der Waals surface area contributed by atoms with Crippen LogP contribution < -0.4 is 5.32 Å². The van der Waals surface area contributed by atoms with E-state index < -0.39 is 5.54 Å². The van der Waals surface area contributed by atoms with E-state index >= 15 is 0 Å². The maximum Gasteiger partial charge on any atom is 0.325 e. The van der Waals surface area contributed by atoms with Crippen molar-refractivity contribution in [1.29, 1.82) is 0 Å². The molecule has 5 nitrogen and oxygen atoms in total. The molecule has 0 aliphatic carbocycles. The molecule has 0 spiro atoms. The molecule has 5 heteroatoms. The van der Waals surface area contributed by atoms with Crippen LogP contribution in [0.2, 0.25) is 0 Å². The monoisotopic (exact) mass is 275 g/mol. The van der Waals surface area contributed by atoms with Crippen LogP contribution in [0.3, 0.4) is 0 Å². The van der Waals surface area contributed by atoms with Crippen molar-refractivity contribution in [3.63, 3.8) is 0 Å². The molecule has 0 bridgehead atoms. The average Bonchev–Trinajstić information content (AvgIpc) is 2.40. The minimum absolute atomic E-state index is 0.00897. The van der Waals surface area contributed by atoms with Gasteiger partial charge < -0.3 is 19.5 Å². The summed E-state index contributed by atoms with van der Waals surface area (Å²) in [7, 11) is 3.09. The second-order valence-corrected chi connectivity index (χ2v) is 4.98. The topological polar surface area (TPSA) is 56.8 Å². The third kappa shape index (κ3) is 7.50. The van der Waals surface area contributed by atoms with Crippen molar-refractivity contribution in [2.45, 2.75) is 51.7 Å². The van der Waals surface area contributed by atoms with Gasteiger partial charge in [-0.1, -0.05) is 6.92 Å². The predicted molar refractivity (Wildman–Crippen MR) is 75.2 cm³/mol. The maximum absolute atomic E-state index is 11.9. The fraction of sp³-hybridized carbons (Fsp3) is 0.929. The van der Waals surface area contributed by atoms with Gasteiger partial charge >= 0.3 is 5.97 Å². The summed E-state index contributed by atoms with van der Waals surface area (Å²) in [5.41, 5.74) is -0.689. The number of hydrogen-bond acceptors (Lipinski definition) is 5. The maximum atomic E-state index is 11.9. The SMILES string of the molecule is CCCNC(C)(CC(C)OCCCOC)C(=O)OC. The number of nitrogens with one attached hydrogen (secondary N) is 1. The van der Waals surface area contributed by atoms with Crippen molar-refractivity contribution in [2.75, 3.05) is 34.0 Å². The summed E-state index contributed by atoms with van der Waals surface area (Å²) >= 11 is 0. The van der Waals surface area contributed by atoms with Crippen molar-refractivity contribution in [2.24, 2.45) is 0 Å². The molecule has 0 aromatic rings. The van der Waals surface area contributed by atoms with Crippen molar-refractivity contribution in [3.8, 4) is 0 Å². The van der Waals surface area contributed by atoms with E-state index in [1.165, 1.54) is 7.11 Å². The molecule has 2 unspecified atom stereocenters. The molecule has 0 saturated carbocycles. The highest BCUT2D eigenvalue weighted by atomic mass is 16.5. The van der Waals surface area contributed by atoms with Gasteiger partial charge in [0.25, 0.3) is 0 Å². The molecule has 0 saturated heterocycles. The summed E-state index contributed by atoms with van der Waals surface area (Å²) in [5, 5.41) is 3.25. The van der Waals surface area contributed by atoms with Gasteiger partial charge in [0.05, 0.1) is 13.2 Å². The van der Waals surface area contributed by atoms with E-state index in [-0.39, 0.29) is 12.1 Å². The zero-order valence-electron chi connectivity index (χ0n) is 13.0. The lowest BCUT2D eigenvalue weighted by molar-refractivity contribution is -0.149. The van der Waals surface area contributed by atoms with Gasteiger partial charge in [0.2, 0.25) is 0 Å². The molecule has 2 atom stereocenters. The highest BCUT2D eigenvalue weighted by Gasteiger charge is 2.35. The average molecular weight is 275 g/mol. The highest BCUT2D eigenvalue weighted by molar-refractivity contribution is 5.80. The summed E-state index contributed by atoms with van der Waals surface area (Å²) in [5.74, 6) is -0.242. The molecule has 0 aliphatic rings. The normalized spacial score (nSPS) is 15.8. The Morgan fingerprint density at radius 1 is 1.32 bits per heavy atom. The standard InChI is InChI=1S/C14H29NO4/c1-6-8-15-14(3,13(16)18-5)11-12(2)19-10-7-9-17-4/h12,15H,6-11H2,1-5H3. The van der Waals surface area contributed by atoms with Crippen LogP contribution >= 0.6 is 0 Å². The van der Waals surface area contributed by atoms with Gasteiger partial charge in [-0.3, -0.25) is 4.79 Å². The van der Waals surface area contributed by atoms with E-state index in [9.17, 15) is 4.79 Å². The number of rotatable bonds is 11. The van der Waals surface area contributed by atoms with Crippen LogP contribution in [-0.2, 0) is 19.0 Å². The Morgan fingerprint density at radius 2 is 2.00 bits per heavy atom. The smallest absolute Gasteiger partial charge is 0.325 e. The molecule has 114 valence electrons.